The maximum atomic E-state index is 6.13. The van der Waals surface area contributed by atoms with Crippen LogP contribution in [0, 0.1) is 6.92 Å². The highest BCUT2D eigenvalue weighted by Gasteiger charge is 2.21. The minimum absolute atomic E-state index is 0.257. The smallest absolute Gasteiger partial charge is 0.161 e. The van der Waals surface area contributed by atoms with Gasteiger partial charge in [-0.25, -0.2) is 0 Å². The van der Waals surface area contributed by atoms with Crippen LogP contribution >= 0.6 is 0 Å². The maximum Gasteiger partial charge on any atom is 0.161 e. The van der Waals surface area contributed by atoms with Crippen LogP contribution in [-0.2, 0) is 6.54 Å². The molecule has 1 fully saturated rings. The predicted molar refractivity (Wildman–Crippen MR) is 90.9 cm³/mol. The van der Waals surface area contributed by atoms with E-state index in [0.29, 0.717) is 0 Å². The van der Waals surface area contributed by atoms with Gasteiger partial charge in [0.05, 0.1) is 12.8 Å². The van der Waals surface area contributed by atoms with Crippen LogP contribution < -0.4 is 9.47 Å². The first-order chi connectivity index (χ1) is 11.2. The van der Waals surface area contributed by atoms with E-state index in [9.17, 15) is 0 Å². The van der Waals surface area contributed by atoms with Gasteiger partial charge in [0.2, 0.25) is 0 Å². The summed E-state index contributed by atoms with van der Waals surface area (Å²) >= 11 is 0. The van der Waals surface area contributed by atoms with Gasteiger partial charge in [-0.1, -0.05) is 18.2 Å². The van der Waals surface area contributed by atoms with Crippen LogP contribution in [0.1, 0.15) is 24.2 Å². The number of para-hydroxylation sites is 2. The molecule has 122 valence electrons. The highest BCUT2D eigenvalue weighted by molar-refractivity contribution is 5.39. The number of piperidine rings is 1. The Morgan fingerprint density at radius 3 is 2.48 bits per heavy atom. The summed E-state index contributed by atoms with van der Waals surface area (Å²) in [5.41, 5.74) is 2.23. The summed E-state index contributed by atoms with van der Waals surface area (Å²) in [5.74, 6) is 1.65. The van der Waals surface area contributed by atoms with Gasteiger partial charge >= 0.3 is 0 Å². The molecule has 2 aromatic rings. The van der Waals surface area contributed by atoms with Crippen molar-refractivity contribution in [1.82, 2.24) is 9.88 Å². The average molecular weight is 312 g/mol. The molecule has 4 heteroatoms. The molecule has 0 spiro atoms. The van der Waals surface area contributed by atoms with Crippen molar-refractivity contribution in [1.29, 1.82) is 0 Å². The minimum atomic E-state index is 0.257. The lowest BCUT2D eigenvalue weighted by molar-refractivity contribution is 0.0936. The first-order valence-corrected chi connectivity index (χ1v) is 8.19. The van der Waals surface area contributed by atoms with Crippen molar-refractivity contribution >= 4 is 0 Å². The summed E-state index contributed by atoms with van der Waals surface area (Å²) in [6.45, 7) is 5.03. The summed E-state index contributed by atoms with van der Waals surface area (Å²) in [4.78, 5) is 7.04. The molecule has 1 aliphatic rings. The molecule has 1 aromatic heterocycles. The Morgan fingerprint density at radius 1 is 1.04 bits per heavy atom. The fourth-order valence-electron chi connectivity index (χ4n) is 3.00. The number of hydrogen-bond donors (Lipinski definition) is 0. The number of methoxy groups -OCH3 is 1. The van der Waals surface area contributed by atoms with Crippen LogP contribution in [-0.4, -0.2) is 36.2 Å². The van der Waals surface area contributed by atoms with Gasteiger partial charge in [0.1, 0.15) is 6.10 Å². The molecule has 3 rings (SSSR count). The Balaban J connectivity index is 1.52. The summed E-state index contributed by atoms with van der Waals surface area (Å²) < 4.78 is 11.5. The molecule has 0 amide bonds. The van der Waals surface area contributed by atoms with E-state index < -0.39 is 0 Å². The van der Waals surface area contributed by atoms with Crippen molar-refractivity contribution in [3.63, 3.8) is 0 Å². The van der Waals surface area contributed by atoms with E-state index in [4.69, 9.17) is 9.47 Å². The molecule has 1 saturated heterocycles. The number of nitrogens with zero attached hydrogens (tertiary/aromatic N) is 2. The second-order valence-electron chi connectivity index (χ2n) is 6.01. The zero-order valence-corrected chi connectivity index (χ0v) is 13.9. The second-order valence-corrected chi connectivity index (χ2v) is 6.01. The third-order valence-electron chi connectivity index (χ3n) is 4.23. The van der Waals surface area contributed by atoms with E-state index in [1.54, 1.807) is 7.11 Å². The molecule has 1 aliphatic heterocycles. The molecule has 0 unspecified atom stereocenters. The van der Waals surface area contributed by atoms with Gasteiger partial charge in [0.25, 0.3) is 0 Å². The first kappa shape index (κ1) is 15.8. The quantitative estimate of drug-likeness (QED) is 0.847. The second kappa shape index (κ2) is 7.47. The number of benzene rings is 1. The minimum Gasteiger partial charge on any atom is -0.493 e. The van der Waals surface area contributed by atoms with Gasteiger partial charge in [-0.15, -0.1) is 0 Å². The van der Waals surface area contributed by atoms with Crippen LogP contribution in [0.25, 0.3) is 0 Å². The van der Waals surface area contributed by atoms with Gasteiger partial charge < -0.3 is 9.47 Å². The van der Waals surface area contributed by atoms with Crippen LogP contribution in [0.4, 0.5) is 0 Å². The molecule has 0 saturated carbocycles. The van der Waals surface area contributed by atoms with E-state index in [-0.39, 0.29) is 6.10 Å². The number of likely N-dealkylation sites (tertiary alicyclic amines) is 1. The van der Waals surface area contributed by atoms with Crippen molar-refractivity contribution in [2.24, 2.45) is 0 Å². The van der Waals surface area contributed by atoms with E-state index in [2.05, 4.69) is 22.0 Å². The predicted octanol–water partition coefficient (Wildman–Crippen LogP) is 3.44. The molecular formula is C19H24N2O2. The normalized spacial score (nSPS) is 16.3. The molecule has 0 aliphatic carbocycles. The first-order valence-electron chi connectivity index (χ1n) is 8.19. The molecule has 1 aromatic carbocycles. The lowest BCUT2D eigenvalue weighted by Gasteiger charge is -2.32. The highest BCUT2D eigenvalue weighted by Crippen LogP contribution is 2.29. The van der Waals surface area contributed by atoms with Crippen molar-refractivity contribution in [2.75, 3.05) is 20.2 Å². The van der Waals surface area contributed by atoms with Gasteiger partial charge in [0, 0.05) is 25.3 Å². The molecule has 0 atom stereocenters. The Labute approximate surface area is 138 Å². The number of aryl methyl sites for hydroxylation is 1. The van der Waals surface area contributed by atoms with Crippen molar-refractivity contribution in [2.45, 2.75) is 32.4 Å². The summed E-state index contributed by atoms with van der Waals surface area (Å²) in [7, 11) is 1.68. The Hall–Kier alpha value is -2.07. The van der Waals surface area contributed by atoms with Crippen molar-refractivity contribution in [3.05, 3.63) is 53.9 Å². The van der Waals surface area contributed by atoms with Crippen molar-refractivity contribution in [3.8, 4) is 11.5 Å². The van der Waals surface area contributed by atoms with Crippen molar-refractivity contribution < 1.29 is 9.47 Å². The molecule has 0 N–H and O–H groups in total. The van der Waals surface area contributed by atoms with Crippen LogP contribution in [0.3, 0.4) is 0 Å². The largest absolute Gasteiger partial charge is 0.493 e. The van der Waals surface area contributed by atoms with Gasteiger partial charge in [-0.05, 0) is 44.0 Å². The average Bonchev–Trinajstić information content (AvgIpc) is 2.57. The SMILES string of the molecule is COc1ccccc1OC1CCN(Cc2cccc(C)n2)CC1. The summed E-state index contributed by atoms with van der Waals surface area (Å²) in [5, 5.41) is 0. The Kier molecular flexibility index (Phi) is 5.13. The summed E-state index contributed by atoms with van der Waals surface area (Å²) in [6, 6.07) is 14.1. The summed E-state index contributed by atoms with van der Waals surface area (Å²) in [6.07, 6.45) is 2.32. The van der Waals surface area contributed by atoms with Crippen LogP contribution in [0.15, 0.2) is 42.5 Å². The molecule has 23 heavy (non-hydrogen) atoms. The molecular weight excluding hydrogens is 288 g/mol. The highest BCUT2D eigenvalue weighted by atomic mass is 16.5. The van der Waals surface area contributed by atoms with E-state index in [1.807, 2.05) is 37.3 Å². The molecule has 4 nitrogen and oxygen atoms in total. The number of rotatable bonds is 5. The molecule has 0 bridgehead atoms. The standard InChI is InChI=1S/C19H24N2O2/c1-15-6-5-7-16(20-15)14-21-12-10-17(11-13-21)23-19-9-4-3-8-18(19)22-2/h3-9,17H,10-14H2,1-2H3. The lowest BCUT2D eigenvalue weighted by Crippen LogP contribution is -2.38. The lowest BCUT2D eigenvalue weighted by atomic mass is 10.1. The van der Waals surface area contributed by atoms with Gasteiger partial charge in [-0.3, -0.25) is 9.88 Å². The number of pyridine rings is 1. The number of aromatic nitrogens is 1. The zero-order chi connectivity index (χ0) is 16.1. The van der Waals surface area contributed by atoms with E-state index in [0.717, 1.165) is 55.4 Å². The molecule has 2 heterocycles. The van der Waals surface area contributed by atoms with Gasteiger partial charge in [0.15, 0.2) is 11.5 Å². The fraction of sp³-hybridized carbons (Fsp3) is 0.421. The fourth-order valence-corrected chi connectivity index (χ4v) is 3.00. The third kappa shape index (κ3) is 4.23. The van der Waals surface area contributed by atoms with E-state index in [1.165, 1.54) is 0 Å². The van der Waals surface area contributed by atoms with Crippen LogP contribution in [0.2, 0.25) is 0 Å². The topological polar surface area (TPSA) is 34.6 Å². The monoisotopic (exact) mass is 312 g/mol. The number of hydrogen-bond acceptors (Lipinski definition) is 4. The zero-order valence-electron chi connectivity index (χ0n) is 13.9. The van der Waals surface area contributed by atoms with Crippen LogP contribution in [0.5, 0.6) is 11.5 Å². The third-order valence-corrected chi connectivity index (χ3v) is 4.23. The van der Waals surface area contributed by atoms with E-state index >= 15 is 0 Å². The Bertz CT molecular complexity index is 637. The van der Waals surface area contributed by atoms with Gasteiger partial charge in [-0.2, -0.15) is 0 Å². The number of ether oxygens (including phenoxy) is 2. The Morgan fingerprint density at radius 2 is 1.78 bits per heavy atom. The molecule has 0 radical (unpaired) electrons. The maximum absolute atomic E-state index is 6.13.